The summed E-state index contributed by atoms with van der Waals surface area (Å²) in [5.41, 5.74) is 2.84. The first-order valence-corrected chi connectivity index (χ1v) is 13.0. The Kier molecular flexibility index (Phi) is 15.7. The fourth-order valence-electron chi connectivity index (χ4n) is 3.48. The van der Waals surface area contributed by atoms with Crippen LogP contribution >= 0.6 is 0 Å². The zero-order valence-corrected chi connectivity index (χ0v) is 22.1. The second-order valence-electron chi connectivity index (χ2n) is 9.56. The molecule has 0 saturated carbocycles. The monoisotopic (exact) mass is 490 g/mol. The van der Waals surface area contributed by atoms with Crippen LogP contribution < -0.4 is 4.74 Å². The predicted octanol–water partition coefficient (Wildman–Crippen LogP) is 5.50. The lowest BCUT2D eigenvalue weighted by molar-refractivity contribution is -0.0128. The fraction of sp³-hybridized carbons (Fsp3) is 0.655. The highest BCUT2D eigenvalue weighted by molar-refractivity contribution is 5.32. The van der Waals surface area contributed by atoms with Crippen LogP contribution in [0.15, 0.2) is 48.1 Å². The van der Waals surface area contributed by atoms with Gasteiger partial charge in [-0.2, -0.15) is 0 Å². The lowest BCUT2D eigenvalue weighted by Gasteiger charge is -2.19. The van der Waals surface area contributed by atoms with Gasteiger partial charge in [-0.15, -0.1) is 0 Å². The van der Waals surface area contributed by atoms with Crippen LogP contribution in [-0.2, 0) is 29.1 Å². The second-order valence-corrected chi connectivity index (χ2v) is 9.56. The van der Waals surface area contributed by atoms with Crippen molar-refractivity contribution in [2.24, 2.45) is 0 Å². The predicted molar refractivity (Wildman–Crippen MR) is 140 cm³/mol. The summed E-state index contributed by atoms with van der Waals surface area (Å²) in [6.07, 6.45) is 11.3. The third kappa shape index (κ3) is 15.1. The first kappa shape index (κ1) is 29.5. The standard InChI is InChI=1S/C29H46O6/c1-29(2,3)27-12-8-13-28(25-27)35-24-23-34-22-21-33-20-19-32-18-17-31-16-15-30-14-7-6-11-26-9-4-5-10-26/h4,8-10,12-13,25H,5-7,11,14-24H2,1-3H3. The fourth-order valence-corrected chi connectivity index (χ4v) is 3.48. The maximum atomic E-state index is 5.78. The summed E-state index contributed by atoms with van der Waals surface area (Å²) < 4.78 is 33.5. The minimum atomic E-state index is 0.114. The van der Waals surface area contributed by atoms with Crippen molar-refractivity contribution in [3.63, 3.8) is 0 Å². The number of allylic oxidation sites excluding steroid dienone is 4. The third-order valence-corrected chi connectivity index (χ3v) is 5.54. The van der Waals surface area contributed by atoms with E-state index in [9.17, 15) is 0 Å². The number of benzene rings is 1. The molecule has 1 aromatic carbocycles. The minimum Gasteiger partial charge on any atom is -0.491 e. The second kappa shape index (κ2) is 18.6. The van der Waals surface area contributed by atoms with Crippen LogP contribution in [0.1, 0.15) is 52.0 Å². The largest absolute Gasteiger partial charge is 0.491 e. The van der Waals surface area contributed by atoms with Gasteiger partial charge in [0.2, 0.25) is 0 Å². The molecule has 0 atom stereocenters. The molecule has 0 amide bonds. The molecule has 0 saturated heterocycles. The number of rotatable bonds is 21. The maximum absolute atomic E-state index is 5.78. The molecule has 35 heavy (non-hydrogen) atoms. The van der Waals surface area contributed by atoms with Crippen molar-refractivity contribution >= 4 is 0 Å². The zero-order valence-electron chi connectivity index (χ0n) is 22.1. The molecule has 0 unspecified atom stereocenters. The number of hydrogen-bond donors (Lipinski definition) is 0. The number of hydrogen-bond acceptors (Lipinski definition) is 6. The van der Waals surface area contributed by atoms with E-state index in [1.165, 1.54) is 17.6 Å². The van der Waals surface area contributed by atoms with E-state index in [0.717, 1.165) is 31.6 Å². The molecule has 0 radical (unpaired) electrons. The van der Waals surface area contributed by atoms with Gasteiger partial charge in [-0.3, -0.25) is 0 Å². The molecule has 1 aliphatic rings. The van der Waals surface area contributed by atoms with Crippen molar-refractivity contribution in [2.75, 3.05) is 72.7 Å². The van der Waals surface area contributed by atoms with Gasteiger partial charge < -0.3 is 28.4 Å². The molecule has 2 rings (SSSR count). The van der Waals surface area contributed by atoms with Crippen LogP contribution in [-0.4, -0.2) is 72.7 Å². The Morgan fingerprint density at radius 2 is 1.26 bits per heavy atom. The summed E-state index contributed by atoms with van der Waals surface area (Å²) in [5, 5.41) is 0. The quantitative estimate of drug-likeness (QED) is 0.212. The molecule has 0 heterocycles. The number of unbranched alkanes of at least 4 members (excludes halogenated alkanes) is 1. The number of ether oxygens (including phenoxy) is 6. The van der Waals surface area contributed by atoms with Gasteiger partial charge in [0.15, 0.2) is 0 Å². The molecule has 1 aliphatic carbocycles. The van der Waals surface area contributed by atoms with Crippen molar-refractivity contribution in [1.29, 1.82) is 0 Å². The summed E-state index contributed by atoms with van der Waals surface area (Å²) in [6.45, 7) is 13.0. The summed E-state index contributed by atoms with van der Waals surface area (Å²) >= 11 is 0. The Bertz CT molecular complexity index is 722. The van der Waals surface area contributed by atoms with Crippen LogP contribution in [0.4, 0.5) is 0 Å². The highest BCUT2D eigenvalue weighted by Gasteiger charge is 2.13. The van der Waals surface area contributed by atoms with E-state index in [1.807, 2.05) is 12.1 Å². The van der Waals surface area contributed by atoms with Gasteiger partial charge in [-0.25, -0.2) is 0 Å². The smallest absolute Gasteiger partial charge is 0.119 e. The molecule has 6 nitrogen and oxygen atoms in total. The molecule has 6 heteroatoms. The maximum Gasteiger partial charge on any atom is 0.119 e. The van der Waals surface area contributed by atoms with Crippen molar-refractivity contribution in [3.8, 4) is 5.75 Å². The van der Waals surface area contributed by atoms with E-state index < -0.39 is 0 Å². The van der Waals surface area contributed by atoms with Gasteiger partial charge in [0.05, 0.1) is 59.5 Å². The third-order valence-electron chi connectivity index (χ3n) is 5.54. The average molecular weight is 491 g/mol. The van der Waals surface area contributed by atoms with E-state index >= 15 is 0 Å². The van der Waals surface area contributed by atoms with E-state index in [1.54, 1.807) is 0 Å². The van der Waals surface area contributed by atoms with Gasteiger partial charge in [0, 0.05) is 6.61 Å². The molecule has 1 aromatic rings. The Balaban J connectivity index is 1.26. The first-order valence-electron chi connectivity index (χ1n) is 13.0. The highest BCUT2D eigenvalue weighted by atomic mass is 16.6. The van der Waals surface area contributed by atoms with Crippen LogP contribution in [0.3, 0.4) is 0 Å². The van der Waals surface area contributed by atoms with E-state index in [-0.39, 0.29) is 5.41 Å². The highest BCUT2D eigenvalue weighted by Crippen LogP contribution is 2.25. The molecule has 0 bridgehead atoms. The zero-order chi connectivity index (χ0) is 25.0. The molecule has 0 aliphatic heterocycles. The summed E-state index contributed by atoms with van der Waals surface area (Å²) in [4.78, 5) is 0. The van der Waals surface area contributed by atoms with Gasteiger partial charge in [-0.1, -0.05) is 56.7 Å². The summed E-state index contributed by atoms with van der Waals surface area (Å²) in [6, 6.07) is 8.24. The molecular formula is C29H46O6. The molecule has 0 spiro atoms. The lowest BCUT2D eigenvalue weighted by atomic mass is 9.87. The Labute approximate surface area is 212 Å². The van der Waals surface area contributed by atoms with Gasteiger partial charge in [0.1, 0.15) is 12.4 Å². The van der Waals surface area contributed by atoms with E-state index in [4.69, 9.17) is 28.4 Å². The Morgan fingerprint density at radius 3 is 1.80 bits per heavy atom. The Hall–Kier alpha value is -1.70. The van der Waals surface area contributed by atoms with E-state index in [0.29, 0.717) is 66.1 Å². The average Bonchev–Trinajstić information content (AvgIpc) is 3.36. The lowest BCUT2D eigenvalue weighted by Crippen LogP contribution is -2.14. The molecule has 198 valence electrons. The van der Waals surface area contributed by atoms with Crippen molar-refractivity contribution < 1.29 is 28.4 Å². The van der Waals surface area contributed by atoms with Crippen LogP contribution in [0.5, 0.6) is 5.75 Å². The van der Waals surface area contributed by atoms with Crippen molar-refractivity contribution in [1.82, 2.24) is 0 Å². The first-order chi connectivity index (χ1) is 17.1. The molecule has 0 aromatic heterocycles. The topological polar surface area (TPSA) is 55.4 Å². The summed E-state index contributed by atoms with van der Waals surface area (Å²) in [7, 11) is 0. The molecule has 0 N–H and O–H groups in total. The van der Waals surface area contributed by atoms with Gasteiger partial charge in [0.25, 0.3) is 0 Å². The van der Waals surface area contributed by atoms with Crippen LogP contribution in [0, 0.1) is 0 Å². The van der Waals surface area contributed by atoms with Crippen molar-refractivity contribution in [3.05, 3.63) is 53.6 Å². The Morgan fingerprint density at radius 1 is 0.686 bits per heavy atom. The molecular weight excluding hydrogens is 444 g/mol. The normalized spacial score (nSPS) is 13.4. The van der Waals surface area contributed by atoms with Gasteiger partial charge in [-0.05, 0) is 48.8 Å². The van der Waals surface area contributed by atoms with Crippen LogP contribution in [0.25, 0.3) is 0 Å². The van der Waals surface area contributed by atoms with Crippen molar-refractivity contribution in [2.45, 2.75) is 51.9 Å². The summed E-state index contributed by atoms with van der Waals surface area (Å²) in [5.74, 6) is 0.881. The minimum absolute atomic E-state index is 0.114. The van der Waals surface area contributed by atoms with Crippen LogP contribution in [0.2, 0.25) is 0 Å². The van der Waals surface area contributed by atoms with E-state index in [2.05, 4.69) is 51.1 Å². The molecule has 0 fully saturated rings. The SMILES string of the molecule is CC(C)(C)c1cccc(OCCOCCOCCOCCOCCOCCCCC2=CCC=C2)c1. The van der Waals surface area contributed by atoms with Gasteiger partial charge >= 0.3 is 0 Å².